The van der Waals surface area contributed by atoms with E-state index in [4.69, 9.17) is 21.1 Å². The molecule has 4 rings (SSSR count). The normalized spacial score (nSPS) is 11.2. The molecular weight excluding hydrogens is 584 g/mol. The molecule has 3 aromatic carbocycles. The molecule has 8 nitrogen and oxygen atoms in total. The van der Waals surface area contributed by atoms with Gasteiger partial charge in [-0.05, 0) is 54.9 Å². The summed E-state index contributed by atoms with van der Waals surface area (Å²) in [5.74, 6) is 1.18. The van der Waals surface area contributed by atoms with Crippen LogP contribution in [0.2, 0.25) is 5.02 Å². The average molecular weight is 616 g/mol. The molecule has 0 radical (unpaired) electrons. The fraction of sp³-hybridized carbons (Fsp3) is 0.267. The predicted molar refractivity (Wildman–Crippen MR) is 162 cm³/mol. The Balaban J connectivity index is 1.54. The summed E-state index contributed by atoms with van der Waals surface area (Å²) in [5, 5.41) is 7.95. The Morgan fingerprint density at radius 1 is 1.10 bits per heavy atom. The molecule has 1 heterocycles. The molecular formula is C30H32ClF2N5O3S. The van der Waals surface area contributed by atoms with Crippen molar-refractivity contribution in [3.8, 4) is 17.2 Å². The van der Waals surface area contributed by atoms with Crippen molar-refractivity contribution >= 4 is 35.1 Å². The van der Waals surface area contributed by atoms with Crippen LogP contribution in [0.1, 0.15) is 16.7 Å². The molecule has 1 aromatic heterocycles. The summed E-state index contributed by atoms with van der Waals surface area (Å²) < 4.78 is 41.4. The number of carbonyl (C=O) groups excluding carboxylic acids is 1. The molecule has 4 aromatic rings. The first-order valence-corrected chi connectivity index (χ1v) is 14.2. The Morgan fingerprint density at radius 3 is 2.64 bits per heavy atom. The molecule has 0 aliphatic carbocycles. The van der Waals surface area contributed by atoms with Gasteiger partial charge in [-0.1, -0.05) is 35.9 Å². The van der Waals surface area contributed by atoms with Crippen molar-refractivity contribution in [2.45, 2.75) is 30.8 Å². The molecule has 1 amide bonds. The van der Waals surface area contributed by atoms with Crippen LogP contribution in [-0.4, -0.2) is 54.8 Å². The van der Waals surface area contributed by atoms with Crippen LogP contribution in [0.5, 0.6) is 11.5 Å². The highest BCUT2D eigenvalue weighted by Gasteiger charge is 2.14. The van der Waals surface area contributed by atoms with Crippen molar-refractivity contribution in [3.05, 3.63) is 94.8 Å². The van der Waals surface area contributed by atoms with E-state index < -0.39 is 6.43 Å². The summed E-state index contributed by atoms with van der Waals surface area (Å²) in [4.78, 5) is 15.1. The molecule has 0 aliphatic heterocycles. The Labute approximate surface area is 253 Å². The van der Waals surface area contributed by atoms with E-state index in [9.17, 15) is 13.6 Å². The maximum absolute atomic E-state index is 12.8. The second kappa shape index (κ2) is 15.0. The lowest BCUT2D eigenvalue weighted by Crippen LogP contribution is -2.23. The topological polar surface area (TPSA) is 80.7 Å². The van der Waals surface area contributed by atoms with Crippen LogP contribution in [-0.2, 0) is 24.3 Å². The van der Waals surface area contributed by atoms with Crippen molar-refractivity contribution in [1.82, 2.24) is 19.4 Å². The van der Waals surface area contributed by atoms with Crippen LogP contribution in [0.4, 0.5) is 14.5 Å². The van der Waals surface area contributed by atoms with Gasteiger partial charge in [-0.2, -0.15) is 5.10 Å². The molecule has 0 unspecified atom stereocenters. The molecule has 0 bridgehead atoms. The third kappa shape index (κ3) is 8.68. The Kier molecular flexibility index (Phi) is 11.2. The minimum atomic E-state index is -2.41. The molecule has 0 atom stereocenters. The standard InChI is InChI=1S/C30H32ClF2N5O3S/c1-37(19-29(32)33)17-20-15-34-38(18-20)26-11-9-23(36-30(39)12-21-6-4-5-7-25(21)31)13-28(26)42-35-16-22-8-10-24(40-2)14-27(22)41-3/h4-11,13-15,18,29,35H,12,16-17,19H2,1-3H3,(H,36,39). The van der Waals surface area contributed by atoms with Gasteiger partial charge in [-0.15, -0.1) is 0 Å². The zero-order valence-corrected chi connectivity index (χ0v) is 25.0. The number of carbonyl (C=O) groups is 1. The molecule has 222 valence electrons. The summed E-state index contributed by atoms with van der Waals surface area (Å²) in [6.45, 7) is 0.481. The van der Waals surface area contributed by atoms with Gasteiger partial charge in [0.2, 0.25) is 5.91 Å². The second-order valence-electron chi connectivity index (χ2n) is 9.48. The monoisotopic (exact) mass is 615 g/mol. The van der Waals surface area contributed by atoms with E-state index in [0.29, 0.717) is 35.3 Å². The van der Waals surface area contributed by atoms with E-state index in [1.165, 1.54) is 11.9 Å². The maximum atomic E-state index is 12.8. The molecule has 0 aliphatic rings. The largest absolute Gasteiger partial charge is 0.497 e. The third-order valence-electron chi connectivity index (χ3n) is 6.28. The highest BCUT2D eigenvalue weighted by molar-refractivity contribution is 7.97. The van der Waals surface area contributed by atoms with Crippen LogP contribution in [0.25, 0.3) is 5.69 Å². The van der Waals surface area contributed by atoms with E-state index in [1.807, 2.05) is 54.7 Å². The van der Waals surface area contributed by atoms with Crippen molar-refractivity contribution < 1.29 is 23.0 Å². The van der Waals surface area contributed by atoms with Gasteiger partial charge >= 0.3 is 0 Å². The summed E-state index contributed by atoms with van der Waals surface area (Å²) in [6, 6.07) is 18.3. The number of amides is 1. The molecule has 0 saturated carbocycles. The molecule has 0 fully saturated rings. The number of methoxy groups -OCH3 is 2. The number of anilines is 1. The van der Waals surface area contributed by atoms with E-state index in [-0.39, 0.29) is 18.9 Å². The number of ether oxygens (including phenoxy) is 2. The maximum Gasteiger partial charge on any atom is 0.251 e. The first-order valence-electron chi connectivity index (χ1n) is 13.0. The van der Waals surface area contributed by atoms with Gasteiger partial charge in [0, 0.05) is 47.2 Å². The third-order valence-corrected chi connectivity index (χ3v) is 7.48. The van der Waals surface area contributed by atoms with Gasteiger partial charge < -0.3 is 14.8 Å². The molecule has 12 heteroatoms. The van der Waals surface area contributed by atoms with Gasteiger partial charge in [0.15, 0.2) is 0 Å². The van der Waals surface area contributed by atoms with Crippen molar-refractivity contribution in [2.24, 2.45) is 0 Å². The number of hydrogen-bond donors (Lipinski definition) is 2. The van der Waals surface area contributed by atoms with Gasteiger partial charge in [-0.25, -0.2) is 13.5 Å². The fourth-order valence-electron chi connectivity index (χ4n) is 4.26. The number of benzene rings is 3. The smallest absolute Gasteiger partial charge is 0.251 e. The number of hydrogen-bond acceptors (Lipinski definition) is 7. The number of nitrogens with zero attached hydrogens (tertiary/aromatic N) is 3. The van der Waals surface area contributed by atoms with Crippen LogP contribution in [0.15, 0.2) is 78.0 Å². The predicted octanol–water partition coefficient (Wildman–Crippen LogP) is 6.22. The Morgan fingerprint density at radius 2 is 1.90 bits per heavy atom. The lowest BCUT2D eigenvalue weighted by Gasteiger charge is -2.15. The van der Waals surface area contributed by atoms with E-state index in [0.717, 1.165) is 27.3 Å². The van der Waals surface area contributed by atoms with Crippen LogP contribution in [0.3, 0.4) is 0 Å². The molecule has 42 heavy (non-hydrogen) atoms. The minimum Gasteiger partial charge on any atom is -0.497 e. The van der Waals surface area contributed by atoms with Crippen LogP contribution >= 0.6 is 23.5 Å². The molecule has 0 saturated heterocycles. The molecule has 2 N–H and O–H groups in total. The quantitative estimate of drug-likeness (QED) is 0.163. The number of alkyl halides is 2. The summed E-state index contributed by atoms with van der Waals surface area (Å²) in [7, 11) is 4.84. The van der Waals surface area contributed by atoms with Crippen molar-refractivity contribution in [1.29, 1.82) is 0 Å². The van der Waals surface area contributed by atoms with Gasteiger partial charge in [-0.3, -0.25) is 14.4 Å². The number of aromatic nitrogens is 2. The number of rotatable bonds is 14. The molecule has 0 spiro atoms. The average Bonchev–Trinajstić information content (AvgIpc) is 3.42. The van der Waals surface area contributed by atoms with E-state index in [2.05, 4.69) is 15.1 Å². The fourth-order valence-corrected chi connectivity index (χ4v) is 5.30. The Bertz CT molecular complexity index is 1500. The van der Waals surface area contributed by atoms with Gasteiger partial charge in [0.05, 0.1) is 44.0 Å². The van der Waals surface area contributed by atoms with E-state index >= 15 is 0 Å². The lowest BCUT2D eigenvalue weighted by molar-refractivity contribution is -0.115. The lowest BCUT2D eigenvalue weighted by atomic mass is 10.1. The van der Waals surface area contributed by atoms with Gasteiger partial charge in [0.25, 0.3) is 6.43 Å². The van der Waals surface area contributed by atoms with Crippen LogP contribution in [0, 0.1) is 0 Å². The second-order valence-corrected chi connectivity index (χ2v) is 10.8. The minimum absolute atomic E-state index is 0.133. The highest BCUT2D eigenvalue weighted by Crippen LogP contribution is 2.30. The number of halogens is 3. The van der Waals surface area contributed by atoms with Crippen LogP contribution < -0.4 is 19.5 Å². The summed E-state index contributed by atoms with van der Waals surface area (Å²) in [5.41, 5.74) is 3.81. The number of nitrogens with one attached hydrogen (secondary N) is 2. The highest BCUT2D eigenvalue weighted by atomic mass is 35.5. The van der Waals surface area contributed by atoms with Crippen molar-refractivity contribution in [3.63, 3.8) is 0 Å². The zero-order valence-electron chi connectivity index (χ0n) is 23.4. The SMILES string of the molecule is COc1ccc(CNSc2cc(NC(=O)Cc3ccccc3Cl)ccc2-n2cc(CN(C)CC(F)F)cn2)c(OC)c1. The first-order chi connectivity index (χ1) is 20.2. The summed E-state index contributed by atoms with van der Waals surface area (Å²) >= 11 is 7.60. The van der Waals surface area contributed by atoms with E-state index in [1.54, 1.807) is 49.2 Å². The van der Waals surface area contributed by atoms with Gasteiger partial charge in [0.1, 0.15) is 11.5 Å². The zero-order chi connectivity index (χ0) is 30.1. The first kappa shape index (κ1) is 31.3. The Hall–Kier alpha value is -3.64. The summed E-state index contributed by atoms with van der Waals surface area (Å²) in [6.07, 6.45) is 1.19. The van der Waals surface area contributed by atoms with Crippen molar-refractivity contribution in [2.75, 3.05) is 33.1 Å².